The molecule has 5 heterocycles. The van der Waals surface area contributed by atoms with Crippen LogP contribution in [0.2, 0.25) is 0 Å². The molecule has 0 aliphatic carbocycles. The molecule has 2 aliphatic heterocycles. The summed E-state index contributed by atoms with van der Waals surface area (Å²) in [6, 6.07) is 6.50. The molecule has 2 aliphatic rings. The van der Waals surface area contributed by atoms with E-state index in [0.29, 0.717) is 31.1 Å². The zero-order chi connectivity index (χ0) is 24.9. The van der Waals surface area contributed by atoms with Gasteiger partial charge in [0.2, 0.25) is 11.9 Å². The summed E-state index contributed by atoms with van der Waals surface area (Å²) in [5.41, 5.74) is 1.12. The summed E-state index contributed by atoms with van der Waals surface area (Å²) in [5, 5.41) is 3.15. The maximum atomic E-state index is 14.7. The first kappa shape index (κ1) is 23.5. The van der Waals surface area contributed by atoms with Gasteiger partial charge >= 0.3 is 0 Å². The van der Waals surface area contributed by atoms with Gasteiger partial charge in [-0.25, -0.2) is 14.4 Å². The highest BCUT2D eigenvalue weighted by Gasteiger charge is 2.38. The second-order valence-corrected chi connectivity index (χ2v) is 10.4. The van der Waals surface area contributed by atoms with Crippen molar-refractivity contribution in [1.82, 2.24) is 29.6 Å². The number of nitrogens with zero attached hydrogens (tertiary/aromatic N) is 7. The van der Waals surface area contributed by atoms with Gasteiger partial charge in [0.1, 0.15) is 5.65 Å². The van der Waals surface area contributed by atoms with Crippen LogP contribution in [0.4, 0.5) is 16.2 Å². The Bertz CT molecular complexity index is 1230. The van der Waals surface area contributed by atoms with Gasteiger partial charge in [0.25, 0.3) is 0 Å². The number of hydrogen-bond acceptors (Lipinski definition) is 7. The Kier molecular flexibility index (Phi) is 5.86. The molecule has 0 spiro atoms. The van der Waals surface area contributed by atoms with Gasteiger partial charge in [-0.1, -0.05) is 6.07 Å². The molecule has 2 atom stereocenters. The summed E-state index contributed by atoms with van der Waals surface area (Å²) >= 11 is 0. The highest BCUT2D eigenvalue weighted by atomic mass is 19.1. The molecule has 5 rings (SSSR count). The summed E-state index contributed by atoms with van der Waals surface area (Å²) in [6.07, 6.45) is 4.97. The van der Waals surface area contributed by atoms with E-state index in [2.05, 4.69) is 51.0 Å². The van der Waals surface area contributed by atoms with Crippen LogP contribution in [-0.2, 0) is 10.3 Å². The first-order chi connectivity index (χ1) is 16.6. The molecule has 35 heavy (non-hydrogen) atoms. The molecule has 1 amide bonds. The van der Waals surface area contributed by atoms with Crippen LogP contribution >= 0.6 is 0 Å². The fourth-order valence-corrected chi connectivity index (χ4v) is 4.98. The van der Waals surface area contributed by atoms with Crippen LogP contribution in [-0.4, -0.2) is 75.5 Å². The second-order valence-electron chi connectivity index (χ2n) is 10.4. The van der Waals surface area contributed by atoms with E-state index in [-0.39, 0.29) is 17.6 Å². The van der Waals surface area contributed by atoms with E-state index < -0.39 is 11.4 Å². The van der Waals surface area contributed by atoms with Crippen molar-refractivity contribution in [1.29, 1.82) is 0 Å². The zero-order valence-corrected chi connectivity index (χ0v) is 20.9. The molecule has 186 valence electrons. The van der Waals surface area contributed by atoms with Crippen molar-refractivity contribution < 1.29 is 9.18 Å². The van der Waals surface area contributed by atoms with Crippen molar-refractivity contribution in [2.75, 3.05) is 43.0 Å². The molecule has 2 saturated heterocycles. The largest absolute Gasteiger partial charge is 0.352 e. The van der Waals surface area contributed by atoms with Gasteiger partial charge in [0.05, 0.1) is 29.5 Å². The van der Waals surface area contributed by atoms with Crippen molar-refractivity contribution in [3.05, 3.63) is 48.3 Å². The minimum Gasteiger partial charge on any atom is -0.352 e. The Morgan fingerprint density at radius 3 is 2.49 bits per heavy atom. The first-order valence-corrected chi connectivity index (χ1v) is 12.1. The lowest BCUT2D eigenvalue weighted by Crippen LogP contribution is -2.57. The van der Waals surface area contributed by atoms with Gasteiger partial charge in [0.15, 0.2) is 11.6 Å². The average Bonchev–Trinajstić information content (AvgIpc) is 3.22. The topological polar surface area (TPSA) is 81.9 Å². The molecule has 1 unspecified atom stereocenters. The highest BCUT2D eigenvalue weighted by Crippen LogP contribution is 2.29. The summed E-state index contributed by atoms with van der Waals surface area (Å²) in [5.74, 6) is 0.0339. The summed E-state index contributed by atoms with van der Waals surface area (Å²) < 4.78 is 16.6. The molecular weight excluding hydrogens is 447 g/mol. The third kappa shape index (κ3) is 4.31. The van der Waals surface area contributed by atoms with Crippen molar-refractivity contribution >= 4 is 23.3 Å². The standard InChI is InChI=1S/C25H33FN8O/c1-16-12-33(13-17(2)31(16)5)24-28-10-19(26)22(29-24)32-14-18(15-32)23(35)30-25(3,4)20-11-27-21-8-6-7-9-34(20)21/h6-11,16-18H,12-15H2,1-5H3,(H,30,35)/t16-,17?/m1/s1. The van der Waals surface area contributed by atoms with E-state index in [0.717, 1.165) is 24.4 Å². The Hall–Kier alpha value is -3.27. The predicted octanol–water partition coefficient (Wildman–Crippen LogP) is 2.28. The number of amides is 1. The maximum absolute atomic E-state index is 14.7. The molecule has 3 aromatic heterocycles. The molecule has 9 nitrogen and oxygen atoms in total. The number of rotatable bonds is 5. The van der Waals surface area contributed by atoms with Crippen LogP contribution in [0.15, 0.2) is 36.8 Å². The first-order valence-electron chi connectivity index (χ1n) is 12.1. The SMILES string of the molecule is CC1CN(c2ncc(F)c(N3CC(C(=O)NC(C)(C)c4cnc5ccccn45)C3)n2)C[C@@H](C)N1C. The minimum atomic E-state index is -0.611. The Morgan fingerprint density at radius 1 is 1.06 bits per heavy atom. The van der Waals surface area contributed by atoms with E-state index in [1.807, 2.05) is 47.5 Å². The van der Waals surface area contributed by atoms with Gasteiger partial charge < -0.3 is 19.5 Å². The molecule has 0 aromatic carbocycles. The molecule has 3 aromatic rings. The smallest absolute Gasteiger partial charge is 0.227 e. The number of piperazine rings is 1. The second kappa shape index (κ2) is 8.75. The lowest BCUT2D eigenvalue weighted by molar-refractivity contribution is -0.127. The molecule has 10 heteroatoms. The van der Waals surface area contributed by atoms with Crippen LogP contribution in [0.5, 0.6) is 0 Å². The van der Waals surface area contributed by atoms with Crippen LogP contribution < -0.4 is 15.1 Å². The fraction of sp³-hybridized carbons (Fsp3) is 0.520. The van der Waals surface area contributed by atoms with Gasteiger partial charge in [0, 0.05) is 44.5 Å². The third-order valence-electron chi connectivity index (χ3n) is 7.40. The van der Waals surface area contributed by atoms with E-state index in [9.17, 15) is 9.18 Å². The van der Waals surface area contributed by atoms with Crippen molar-refractivity contribution in [3.8, 4) is 0 Å². The fourth-order valence-electron chi connectivity index (χ4n) is 4.98. The van der Waals surface area contributed by atoms with Gasteiger partial charge in [-0.15, -0.1) is 0 Å². The van der Waals surface area contributed by atoms with Gasteiger partial charge in [-0.3, -0.25) is 9.69 Å². The molecule has 0 saturated carbocycles. The predicted molar refractivity (Wildman–Crippen MR) is 133 cm³/mol. The van der Waals surface area contributed by atoms with E-state index in [1.165, 1.54) is 6.20 Å². The van der Waals surface area contributed by atoms with Crippen LogP contribution in [0.25, 0.3) is 5.65 Å². The maximum Gasteiger partial charge on any atom is 0.227 e. The third-order valence-corrected chi connectivity index (χ3v) is 7.40. The minimum absolute atomic E-state index is 0.0615. The Labute approximate surface area is 205 Å². The number of hydrogen-bond donors (Lipinski definition) is 1. The number of pyridine rings is 1. The van der Waals surface area contributed by atoms with Crippen molar-refractivity contribution in [2.45, 2.75) is 45.3 Å². The number of imidazole rings is 1. The monoisotopic (exact) mass is 480 g/mol. The Morgan fingerprint density at radius 2 is 1.77 bits per heavy atom. The molecule has 0 bridgehead atoms. The number of carbonyl (C=O) groups excluding carboxylic acids is 1. The zero-order valence-electron chi connectivity index (χ0n) is 20.9. The highest BCUT2D eigenvalue weighted by molar-refractivity contribution is 5.82. The number of nitrogens with one attached hydrogen (secondary N) is 1. The van der Waals surface area contributed by atoms with E-state index in [4.69, 9.17) is 0 Å². The summed E-state index contributed by atoms with van der Waals surface area (Å²) in [6.45, 7) is 10.7. The van der Waals surface area contributed by atoms with E-state index >= 15 is 0 Å². The number of carbonyl (C=O) groups is 1. The van der Waals surface area contributed by atoms with Gasteiger partial charge in [-0.2, -0.15) is 4.98 Å². The normalized spacial score (nSPS) is 21.9. The Balaban J connectivity index is 1.25. The molecule has 2 fully saturated rings. The van der Waals surface area contributed by atoms with Crippen molar-refractivity contribution in [2.24, 2.45) is 5.92 Å². The van der Waals surface area contributed by atoms with Crippen LogP contribution in [0.1, 0.15) is 33.4 Å². The molecule has 1 N–H and O–H groups in total. The lowest BCUT2D eigenvalue weighted by atomic mass is 9.95. The summed E-state index contributed by atoms with van der Waals surface area (Å²) in [7, 11) is 2.12. The number of aromatic nitrogens is 4. The van der Waals surface area contributed by atoms with Gasteiger partial charge in [-0.05, 0) is 46.9 Å². The van der Waals surface area contributed by atoms with E-state index in [1.54, 1.807) is 6.20 Å². The quantitative estimate of drug-likeness (QED) is 0.600. The molecule has 0 radical (unpaired) electrons. The average molecular weight is 481 g/mol. The summed E-state index contributed by atoms with van der Waals surface area (Å²) in [4.78, 5) is 32.6. The van der Waals surface area contributed by atoms with Crippen molar-refractivity contribution in [3.63, 3.8) is 0 Å². The van der Waals surface area contributed by atoms with Crippen LogP contribution in [0.3, 0.4) is 0 Å². The lowest BCUT2D eigenvalue weighted by Gasteiger charge is -2.43. The number of anilines is 2. The number of fused-ring (bicyclic) bond motifs is 1. The van der Waals surface area contributed by atoms with Crippen LogP contribution in [0, 0.1) is 11.7 Å². The molecular formula is C25H33FN8O. The number of likely N-dealkylation sites (N-methyl/N-ethyl adjacent to an activating group) is 1. The number of halogens is 1.